The summed E-state index contributed by atoms with van der Waals surface area (Å²) in [5.41, 5.74) is 1.44. The van der Waals surface area contributed by atoms with Gasteiger partial charge < -0.3 is 20.1 Å². The lowest BCUT2D eigenvalue weighted by molar-refractivity contribution is 0.0459. The second-order valence-corrected chi connectivity index (χ2v) is 7.04. The monoisotopic (exact) mass is 344 g/mol. The minimum atomic E-state index is -0.545. The maximum Gasteiger partial charge on any atom is 0.408 e. The highest BCUT2D eigenvalue weighted by Crippen LogP contribution is 2.32. The summed E-state index contributed by atoms with van der Waals surface area (Å²) in [6.07, 6.45) is 1.26. The van der Waals surface area contributed by atoms with Crippen LogP contribution in [0.1, 0.15) is 38.1 Å². The van der Waals surface area contributed by atoms with Gasteiger partial charge in [0.2, 0.25) is 0 Å². The van der Waals surface area contributed by atoms with E-state index in [9.17, 15) is 4.79 Å². The summed E-state index contributed by atoms with van der Waals surface area (Å²) < 4.78 is 11.2. The zero-order chi connectivity index (χ0) is 17.9. The average Bonchev–Trinajstić information content (AvgIpc) is 3.05. The van der Waals surface area contributed by atoms with Gasteiger partial charge in [0.1, 0.15) is 18.0 Å². The quantitative estimate of drug-likeness (QED) is 0.793. The number of hydrogen-bond acceptors (Lipinski definition) is 5. The summed E-state index contributed by atoms with van der Waals surface area (Å²) in [7, 11) is 0. The van der Waals surface area contributed by atoms with Gasteiger partial charge in [0.15, 0.2) is 0 Å². The van der Waals surface area contributed by atoms with Crippen molar-refractivity contribution in [2.45, 2.75) is 45.0 Å². The number of hydrogen-bond donors (Lipinski definition) is 3. The van der Waals surface area contributed by atoms with Crippen LogP contribution in [-0.4, -0.2) is 34.5 Å². The van der Waals surface area contributed by atoms with Crippen molar-refractivity contribution >= 4 is 6.09 Å². The molecule has 1 aromatic carbocycles. The Balaban J connectivity index is 1.75. The van der Waals surface area contributed by atoms with Gasteiger partial charge in [-0.2, -0.15) is 5.10 Å². The van der Waals surface area contributed by atoms with Gasteiger partial charge >= 0.3 is 6.09 Å². The molecule has 0 saturated heterocycles. The number of para-hydroxylation sites is 1. The van der Waals surface area contributed by atoms with E-state index in [0.717, 1.165) is 17.0 Å². The number of ether oxygens (including phenoxy) is 2. The Morgan fingerprint density at radius 1 is 1.36 bits per heavy atom. The first-order valence-corrected chi connectivity index (χ1v) is 8.35. The molecule has 2 atom stereocenters. The molecule has 2 unspecified atom stereocenters. The van der Waals surface area contributed by atoms with E-state index < -0.39 is 11.7 Å². The van der Waals surface area contributed by atoms with E-state index in [0.29, 0.717) is 13.2 Å². The Kier molecular flexibility index (Phi) is 4.94. The number of benzene rings is 1. The molecule has 134 valence electrons. The molecule has 7 heteroatoms. The van der Waals surface area contributed by atoms with Gasteiger partial charge in [-0.05, 0) is 32.9 Å². The molecule has 25 heavy (non-hydrogen) atoms. The number of H-pyrrole nitrogens is 1. The molecule has 1 aliphatic rings. The topological polar surface area (TPSA) is 88.3 Å². The van der Waals surface area contributed by atoms with Crippen molar-refractivity contribution in [2.75, 3.05) is 6.61 Å². The maximum absolute atomic E-state index is 12.2. The van der Waals surface area contributed by atoms with E-state index in [-0.39, 0.29) is 12.1 Å². The number of alkyl carbamates (subject to hydrolysis) is 1. The van der Waals surface area contributed by atoms with Crippen LogP contribution in [-0.2, 0) is 11.3 Å². The van der Waals surface area contributed by atoms with Crippen molar-refractivity contribution in [3.63, 3.8) is 0 Å². The van der Waals surface area contributed by atoms with Crippen LogP contribution < -0.4 is 15.4 Å². The highest BCUT2D eigenvalue weighted by Gasteiger charge is 2.32. The Morgan fingerprint density at radius 3 is 2.88 bits per heavy atom. The smallest absolute Gasteiger partial charge is 0.408 e. The van der Waals surface area contributed by atoms with Gasteiger partial charge in [0, 0.05) is 24.0 Å². The van der Waals surface area contributed by atoms with Gasteiger partial charge in [-0.25, -0.2) is 4.79 Å². The van der Waals surface area contributed by atoms with Crippen LogP contribution in [0.5, 0.6) is 5.75 Å². The van der Waals surface area contributed by atoms with E-state index in [4.69, 9.17) is 9.47 Å². The van der Waals surface area contributed by atoms with E-state index in [1.807, 2.05) is 51.1 Å². The van der Waals surface area contributed by atoms with E-state index in [1.54, 1.807) is 6.20 Å². The first-order chi connectivity index (χ1) is 11.9. The lowest BCUT2D eigenvalue weighted by Gasteiger charge is -2.35. The van der Waals surface area contributed by atoms with Crippen molar-refractivity contribution in [1.82, 2.24) is 20.8 Å². The van der Waals surface area contributed by atoms with Crippen molar-refractivity contribution in [3.05, 3.63) is 47.8 Å². The highest BCUT2D eigenvalue weighted by atomic mass is 16.6. The number of rotatable bonds is 4. The molecule has 0 bridgehead atoms. The molecule has 1 aliphatic heterocycles. The summed E-state index contributed by atoms with van der Waals surface area (Å²) >= 11 is 0. The fourth-order valence-electron chi connectivity index (χ4n) is 2.80. The van der Waals surface area contributed by atoms with Crippen molar-refractivity contribution in [3.8, 4) is 5.75 Å². The third-order valence-corrected chi connectivity index (χ3v) is 3.85. The van der Waals surface area contributed by atoms with Crippen LogP contribution in [0.2, 0.25) is 0 Å². The molecule has 0 spiro atoms. The largest absolute Gasteiger partial charge is 0.491 e. The fraction of sp³-hybridized carbons (Fsp3) is 0.444. The number of nitrogens with one attached hydrogen (secondary N) is 3. The predicted octanol–water partition coefficient (Wildman–Crippen LogP) is 2.53. The van der Waals surface area contributed by atoms with Gasteiger partial charge in [-0.1, -0.05) is 18.2 Å². The van der Waals surface area contributed by atoms with E-state index in [2.05, 4.69) is 20.8 Å². The zero-order valence-electron chi connectivity index (χ0n) is 14.7. The van der Waals surface area contributed by atoms with Crippen molar-refractivity contribution in [2.24, 2.45) is 0 Å². The Labute approximate surface area is 147 Å². The molecule has 0 saturated carbocycles. The van der Waals surface area contributed by atoms with Gasteiger partial charge in [0.05, 0.1) is 12.1 Å². The van der Waals surface area contributed by atoms with Crippen LogP contribution >= 0.6 is 0 Å². The average molecular weight is 344 g/mol. The number of amides is 1. The Morgan fingerprint density at radius 2 is 2.16 bits per heavy atom. The molecule has 3 N–H and O–H groups in total. The van der Waals surface area contributed by atoms with Gasteiger partial charge in [-0.15, -0.1) is 0 Å². The second kappa shape index (κ2) is 7.14. The van der Waals surface area contributed by atoms with Gasteiger partial charge in [-0.3, -0.25) is 5.10 Å². The number of fused-ring (bicyclic) bond motifs is 1. The van der Waals surface area contributed by atoms with Crippen LogP contribution in [0.4, 0.5) is 4.79 Å². The van der Waals surface area contributed by atoms with Crippen molar-refractivity contribution < 1.29 is 14.3 Å². The number of carbonyl (C=O) groups excluding carboxylic acids is 1. The minimum absolute atomic E-state index is 0.0965. The highest BCUT2D eigenvalue weighted by molar-refractivity contribution is 5.68. The molecule has 2 heterocycles. The van der Waals surface area contributed by atoms with Crippen LogP contribution in [0.15, 0.2) is 36.5 Å². The first kappa shape index (κ1) is 17.3. The lowest BCUT2D eigenvalue weighted by Crippen LogP contribution is -2.51. The van der Waals surface area contributed by atoms with Crippen LogP contribution in [0, 0.1) is 0 Å². The number of carbonyl (C=O) groups is 1. The molecule has 0 aliphatic carbocycles. The van der Waals surface area contributed by atoms with Crippen molar-refractivity contribution in [1.29, 1.82) is 0 Å². The minimum Gasteiger partial charge on any atom is -0.491 e. The van der Waals surface area contributed by atoms with E-state index >= 15 is 0 Å². The summed E-state index contributed by atoms with van der Waals surface area (Å²) in [6.45, 7) is 6.50. The molecule has 1 aromatic heterocycles. The second-order valence-electron chi connectivity index (χ2n) is 7.04. The molecule has 0 radical (unpaired) electrons. The van der Waals surface area contributed by atoms with Crippen LogP contribution in [0.3, 0.4) is 0 Å². The summed E-state index contributed by atoms with van der Waals surface area (Å²) in [4.78, 5) is 12.2. The number of nitrogens with zero attached hydrogens (tertiary/aromatic N) is 1. The summed E-state index contributed by atoms with van der Waals surface area (Å²) in [6, 6.07) is 9.41. The van der Waals surface area contributed by atoms with Crippen LogP contribution in [0.25, 0.3) is 0 Å². The first-order valence-electron chi connectivity index (χ1n) is 8.35. The normalized spacial score (nSPS) is 19.6. The zero-order valence-corrected chi connectivity index (χ0v) is 14.7. The Hall–Kier alpha value is -2.54. The molecule has 7 nitrogen and oxygen atoms in total. The summed E-state index contributed by atoms with van der Waals surface area (Å²) in [5, 5.41) is 13.3. The Bertz CT molecular complexity index is 709. The molecular weight excluding hydrogens is 320 g/mol. The third kappa shape index (κ3) is 4.51. The molecule has 3 rings (SSSR count). The van der Waals surface area contributed by atoms with E-state index in [1.165, 1.54) is 0 Å². The molecule has 1 amide bonds. The number of aromatic amines is 1. The maximum atomic E-state index is 12.2. The molecule has 0 fully saturated rings. The molecule has 2 aromatic rings. The predicted molar refractivity (Wildman–Crippen MR) is 93.3 cm³/mol. The summed E-state index contributed by atoms with van der Waals surface area (Å²) in [5.74, 6) is 0.826. The number of aromatic nitrogens is 2. The standard InChI is InChI=1S/C18H24N4O3/c1-18(2,3)25-17(23)21-14-11-24-15-7-5-4-6-13(15)16(14)19-10-12-8-9-20-22-12/h4-9,14,16,19H,10-11H2,1-3H3,(H,20,22)(H,21,23). The van der Waals surface area contributed by atoms with Gasteiger partial charge in [0.25, 0.3) is 0 Å². The third-order valence-electron chi connectivity index (χ3n) is 3.85. The molecular formula is C18H24N4O3. The lowest BCUT2D eigenvalue weighted by atomic mass is 9.96. The SMILES string of the molecule is CC(C)(C)OC(=O)NC1COc2ccccc2C1NCc1ccn[nH]1. The fourth-order valence-corrected chi connectivity index (χ4v) is 2.80.